The van der Waals surface area contributed by atoms with Crippen molar-refractivity contribution in [3.63, 3.8) is 0 Å². The average Bonchev–Trinajstić information content (AvgIpc) is 3.35. The molecule has 0 spiro atoms. The molecule has 0 aliphatic rings. The lowest BCUT2D eigenvalue weighted by Gasteiger charge is -2.18. The van der Waals surface area contributed by atoms with Crippen molar-refractivity contribution in [2.75, 3.05) is 13.2 Å². The minimum absolute atomic E-state index is 0.110. The molecule has 0 fully saturated rings. The van der Waals surface area contributed by atoms with E-state index < -0.39 is 6.10 Å². The molecule has 0 aliphatic carbocycles. The molecular formula is C63H102O6. The van der Waals surface area contributed by atoms with Crippen LogP contribution in [0.2, 0.25) is 0 Å². The van der Waals surface area contributed by atoms with E-state index in [1.807, 2.05) is 0 Å². The Morgan fingerprint density at radius 2 is 0.580 bits per heavy atom. The van der Waals surface area contributed by atoms with Crippen LogP contribution in [-0.2, 0) is 28.6 Å². The fourth-order valence-electron chi connectivity index (χ4n) is 7.33. The molecule has 6 nitrogen and oxygen atoms in total. The molecule has 0 bridgehead atoms. The second kappa shape index (κ2) is 56.4. The number of carbonyl (C=O) groups is 3. The third kappa shape index (κ3) is 54.6. The highest BCUT2D eigenvalue weighted by atomic mass is 16.6. The van der Waals surface area contributed by atoms with Gasteiger partial charge in [-0.25, -0.2) is 0 Å². The Labute approximate surface area is 424 Å². The molecule has 0 saturated carbocycles. The summed E-state index contributed by atoms with van der Waals surface area (Å²) >= 11 is 0. The van der Waals surface area contributed by atoms with E-state index in [-0.39, 0.29) is 44.0 Å². The number of allylic oxidation sites excluding steroid dienone is 20. The van der Waals surface area contributed by atoms with Crippen LogP contribution in [0, 0.1) is 0 Å². The van der Waals surface area contributed by atoms with Gasteiger partial charge >= 0.3 is 17.9 Å². The minimum atomic E-state index is -0.821. The predicted molar refractivity (Wildman–Crippen MR) is 297 cm³/mol. The number of rotatable bonds is 49. The van der Waals surface area contributed by atoms with E-state index >= 15 is 0 Å². The summed E-state index contributed by atoms with van der Waals surface area (Å²) in [7, 11) is 0. The smallest absolute Gasteiger partial charge is 0.306 e. The summed E-state index contributed by atoms with van der Waals surface area (Å²) in [4.78, 5) is 38.1. The van der Waals surface area contributed by atoms with Crippen LogP contribution >= 0.6 is 0 Å². The van der Waals surface area contributed by atoms with Gasteiger partial charge in [0.1, 0.15) is 13.2 Å². The highest BCUT2D eigenvalue weighted by molar-refractivity contribution is 5.71. The van der Waals surface area contributed by atoms with Crippen LogP contribution in [0.4, 0.5) is 0 Å². The van der Waals surface area contributed by atoms with Gasteiger partial charge in [0.25, 0.3) is 0 Å². The van der Waals surface area contributed by atoms with E-state index in [4.69, 9.17) is 14.2 Å². The largest absolute Gasteiger partial charge is 0.462 e. The molecule has 0 unspecified atom stereocenters. The monoisotopic (exact) mass is 955 g/mol. The van der Waals surface area contributed by atoms with E-state index in [0.717, 1.165) is 109 Å². The van der Waals surface area contributed by atoms with Crippen LogP contribution in [-0.4, -0.2) is 37.2 Å². The van der Waals surface area contributed by atoms with Gasteiger partial charge in [0.05, 0.1) is 0 Å². The topological polar surface area (TPSA) is 78.9 Å². The summed E-state index contributed by atoms with van der Waals surface area (Å²) in [6.07, 6.45) is 77.6. The highest BCUT2D eigenvalue weighted by Crippen LogP contribution is 2.15. The lowest BCUT2D eigenvalue weighted by Crippen LogP contribution is -2.30. The SMILES string of the molecule is CC/C=C\C/C=C\C/C=C\C/C=C\C/C=C\CCCCCC(=O)O[C@H](COC(=O)CCC/C=C\C/C=C\C/C=C\C/C=C\C/C=C\CC)COC(=O)CCCCCCCCCCCCCCCCC. The van der Waals surface area contributed by atoms with Gasteiger partial charge in [-0.2, -0.15) is 0 Å². The Bertz CT molecular complexity index is 1470. The number of unbranched alkanes of at least 4 members (excludes halogenated alkanes) is 18. The van der Waals surface area contributed by atoms with Gasteiger partial charge in [0.15, 0.2) is 6.10 Å². The van der Waals surface area contributed by atoms with Crippen molar-refractivity contribution >= 4 is 17.9 Å². The predicted octanol–water partition coefficient (Wildman–Crippen LogP) is 18.9. The van der Waals surface area contributed by atoms with Crippen molar-refractivity contribution in [1.29, 1.82) is 0 Å². The third-order valence-corrected chi connectivity index (χ3v) is 11.5. The van der Waals surface area contributed by atoms with Gasteiger partial charge in [-0.05, 0) is 103 Å². The molecule has 0 aliphatic heterocycles. The van der Waals surface area contributed by atoms with E-state index in [9.17, 15) is 14.4 Å². The van der Waals surface area contributed by atoms with E-state index in [1.165, 1.54) is 77.0 Å². The van der Waals surface area contributed by atoms with Gasteiger partial charge < -0.3 is 14.2 Å². The molecule has 1 atom stereocenters. The maximum atomic E-state index is 12.8. The summed E-state index contributed by atoms with van der Waals surface area (Å²) in [5.74, 6) is -1.01. The van der Waals surface area contributed by atoms with Gasteiger partial charge in [-0.3, -0.25) is 14.4 Å². The molecule has 0 aromatic heterocycles. The Kier molecular flexibility index (Phi) is 53.0. The maximum Gasteiger partial charge on any atom is 0.306 e. The molecule has 69 heavy (non-hydrogen) atoms. The fourth-order valence-corrected chi connectivity index (χ4v) is 7.33. The summed E-state index contributed by atoms with van der Waals surface area (Å²) in [5, 5.41) is 0. The van der Waals surface area contributed by atoms with Crippen molar-refractivity contribution < 1.29 is 28.6 Å². The zero-order valence-corrected chi connectivity index (χ0v) is 44.5. The number of carbonyl (C=O) groups excluding carboxylic acids is 3. The molecule has 0 heterocycles. The van der Waals surface area contributed by atoms with Crippen molar-refractivity contribution in [2.45, 2.75) is 245 Å². The number of ether oxygens (including phenoxy) is 3. The quantitative estimate of drug-likeness (QED) is 0.0262. The van der Waals surface area contributed by atoms with Crippen molar-refractivity contribution in [1.82, 2.24) is 0 Å². The van der Waals surface area contributed by atoms with Crippen LogP contribution in [0.3, 0.4) is 0 Å². The molecule has 0 N–H and O–H groups in total. The van der Waals surface area contributed by atoms with Crippen LogP contribution in [0.5, 0.6) is 0 Å². The number of hydrogen-bond donors (Lipinski definition) is 0. The molecule has 0 saturated heterocycles. The molecule has 0 radical (unpaired) electrons. The van der Waals surface area contributed by atoms with Crippen molar-refractivity contribution in [3.8, 4) is 0 Å². The molecule has 0 rings (SSSR count). The first-order chi connectivity index (χ1) is 34.0. The zero-order valence-electron chi connectivity index (χ0n) is 44.5. The first kappa shape index (κ1) is 64.8. The van der Waals surface area contributed by atoms with Crippen molar-refractivity contribution in [3.05, 3.63) is 122 Å². The Morgan fingerprint density at radius 3 is 0.942 bits per heavy atom. The third-order valence-electron chi connectivity index (χ3n) is 11.5. The normalized spacial score (nSPS) is 13.0. The second-order valence-corrected chi connectivity index (χ2v) is 18.1. The fraction of sp³-hybridized carbons (Fsp3) is 0.635. The van der Waals surface area contributed by atoms with Crippen LogP contribution in [0.25, 0.3) is 0 Å². The van der Waals surface area contributed by atoms with Gasteiger partial charge in [0, 0.05) is 19.3 Å². The van der Waals surface area contributed by atoms with Crippen LogP contribution in [0.1, 0.15) is 239 Å². The number of esters is 3. The number of hydrogen-bond acceptors (Lipinski definition) is 6. The average molecular weight is 956 g/mol. The Morgan fingerprint density at radius 1 is 0.304 bits per heavy atom. The zero-order chi connectivity index (χ0) is 50.0. The lowest BCUT2D eigenvalue weighted by molar-refractivity contribution is -0.167. The summed E-state index contributed by atoms with van der Waals surface area (Å²) in [6, 6.07) is 0. The molecule has 6 heteroatoms. The van der Waals surface area contributed by atoms with Gasteiger partial charge in [0.2, 0.25) is 0 Å². The van der Waals surface area contributed by atoms with E-state index in [1.54, 1.807) is 0 Å². The molecule has 0 aromatic carbocycles. The van der Waals surface area contributed by atoms with Gasteiger partial charge in [-0.1, -0.05) is 239 Å². The van der Waals surface area contributed by atoms with Crippen molar-refractivity contribution in [2.24, 2.45) is 0 Å². The van der Waals surface area contributed by atoms with E-state index in [2.05, 4.69) is 142 Å². The maximum absolute atomic E-state index is 12.8. The Balaban J connectivity index is 4.55. The van der Waals surface area contributed by atoms with E-state index in [0.29, 0.717) is 19.3 Å². The minimum Gasteiger partial charge on any atom is -0.462 e. The summed E-state index contributed by atoms with van der Waals surface area (Å²) in [6.45, 7) is 6.34. The standard InChI is InChI=1S/C63H102O6/c1-4-7-10-13-16-19-22-25-28-30-31-33-36-39-42-45-48-51-54-57-63(66)69-60(58-67-61(64)55-52-49-46-43-40-37-34-27-24-21-18-15-12-9-6-3)59-68-62(65)56-53-50-47-44-41-38-35-32-29-26-23-20-17-14-11-8-5-2/h7-8,10-11,16-17,19-20,25-26,28-29,31,33,35,38-39,42,44,47,60H,4-6,9,12-15,18,21-24,27,30,32,34,36-37,40-41,43,45-46,48-59H2,1-3H3/b10-7-,11-8-,19-16-,20-17-,28-25-,29-26-,33-31-,38-35-,42-39-,47-44-/t60-/m0/s1. The van der Waals surface area contributed by atoms with Crippen LogP contribution < -0.4 is 0 Å². The van der Waals surface area contributed by atoms with Crippen LogP contribution in [0.15, 0.2) is 122 Å². The summed E-state index contributed by atoms with van der Waals surface area (Å²) < 4.78 is 16.8. The molecule has 0 aromatic rings. The first-order valence-electron chi connectivity index (χ1n) is 28.0. The molecular weight excluding hydrogens is 853 g/mol. The highest BCUT2D eigenvalue weighted by Gasteiger charge is 2.19. The second-order valence-electron chi connectivity index (χ2n) is 18.1. The molecule has 390 valence electrons. The molecule has 0 amide bonds. The summed E-state index contributed by atoms with van der Waals surface area (Å²) in [5.41, 5.74) is 0. The first-order valence-corrected chi connectivity index (χ1v) is 28.0. The lowest BCUT2D eigenvalue weighted by atomic mass is 10.0. The van der Waals surface area contributed by atoms with Gasteiger partial charge in [-0.15, -0.1) is 0 Å². The Hall–Kier alpha value is -4.19.